The highest BCUT2D eigenvalue weighted by atomic mass is 32.2. The molecular formula is C9H16O5S. The van der Waals surface area contributed by atoms with Gasteiger partial charge in [-0.15, -0.1) is 0 Å². The van der Waals surface area contributed by atoms with Gasteiger partial charge in [-0.2, -0.15) is 0 Å². The van der Waals surface area contributed by atoms with Crippen LogP contribution in [0.2, 0.25) is 0 Å². The molecule has 5 nitrogen and oxygen atoms in total. The summed E-state index contributed by atoms with van der Waals surface area (Å²) in [5, 5.41) is 8.36. The van der Waals surface area contributed by atoms with Gasteiger partial charge in [-0.1, -0.05) is 0 Å². The third-order valence-corrected chi connectivity index (χ3v) is 3.95. The molecule has 1 fully saturated rings. The zero-order chi connectivity index (χ0) is 11.3. The highest BCUT2D eigenvalue weighted by molar-refractivity contribution is 7.92. The molecular weight excluding hydrogens is 220 g/mol. The maximum absolute atomic E-state index is 11.2. The maximum Gasteiger partial charge on any atom is 0.318 e. The standard InChI is InChI=1S/C9H16O5S/c10-9(11)7-15(12,13)6-2-4-8-3-1-5-14-8/h8H,1-7H2,(H,10,11). The first kappa shape index (κ1) is 12.4. The Balaban J connectivity index is 2.20. The van der Waals surface area contributed by atoms with Crippen LogP contribution in [0.3, 0.4) is 0 Å². The third-order valence-electron chi connectivity index (χ3n) is 2.35. The number of carboxylic acid groups (broad SMARTS) is 1. The molecule has 6 heteroatoms. The summed E-state index contributed by atoms with van der Waals surface area (Å²) in [7, 11) is -3.43. The molecule has 0 aromatic heterocycles. The summed E-state index contributed by atoms with van der Waals surface area (Å²) >= 11 is 0. The number of rotatable bonds is 6. The predicted octanol–water partition coefficient (Wildman–Crippen LogP) is 0.445. The molecule has 0 amide bonds. The first-order chi connectivity index (χ1) is 6.99. The van der Waals surface area contributed by atoms with Crippen molar-refractivity contribution in [2.24, 2.45) is 0 Å². The second kappa shape index (κ2) is 5.46. The molecule has 0 radical (unpaired) electrons. The zero-order valence-corrected chi connectivity index (χ0v) is 9.33. The molecule has 1 unspecified atom stereocenters. The minimum atomic E-state index is -3.43. The van der Waals surface area contributed by atoms with Crippen molar-refractivity contribution in [2.75, 3.05) is 18.1 Å². The Kier molecular flexibility index (Phi) is 4.53. The Morgan fingerprint density at radius 1 is 1.47 bits per heavy atom. The van der Waals surface area contributed by atoms with E-state index in [2.05, 4.69) is 0 Å². The number of carboxylic acids is 1. The molecule has 88 valence electrons. The number of ether oxygens (including phenoxy) is 1. The molecule has 0 saturated carbocycles. The molecule has 0 aromatic carbocycles. The second-order valence-electron chi connectivity index (χ2n) is 3.76. The Bertz CT molecular complexity index is 302. The molecule has 1 rings (SSSR count). The van der Waals surface area contributed by atoms with Gasteiger partial charge in [-0.3, -0.25) is 4.79 Å². The first-order valence-corrected chi connectivity index (χ1v) is 6.85. The van der Waals surface area contributed by atoms with Crippen LogP contribution in [0.4, 0.5) is 0 Å². The topological polar surface area (TPSA) is 80.7 Å². The van der Waals surface area contributed by atoms with Gasteiger partial charge >= 0.3 is 5.97 Å². The van der Waals surface area contributed by atoms with Crippen LogP contribution in [0.25, 0.3) is 0 Å². The van der Waals surface area contributed by atoms with E-state index in [9.17, 15) is 13.2 Å². The zero-order valence-electron chi connectivity index (χ0n) is 8.52. The minimum absolute atomic E-state index is 0.0564. The van der Waals surface area contributed by atoms with Gasteiger partial charge in [-0.25, -0.2) is 8.42 Å². The van der Waals surface area contributed by atoms with Crippen LogP contribution in [-0.2, 0) is 19.4 Å². The summed E-state index contributed by atoms with van der Waals surface area (Å²) in [5.74, 6) is -2.11. The fourth-order valence-electron chi connectivity index (χ4n) is 1.66. The molecule has 1 atom stereocenters. The lowest BCUT2D eigenvalue weighted by Gasteiger charge is -2.08. The van der Waals surface area contributed by atoms with Crippen LogP contribution in [0.1, 0.15) is 25.7 Å². The lowest BCUT2D eigenvalue weighted by molar-refractivity contribution is -0.134. The van der Waals surface area contributed by atoms with E-state index < -0.39 is 21.6 Å². The van der Waals surface area contributed by atoms with Crippen molar-refractivity contribution < 1.29 is 23.1 Å². The van der Waals surface area contributed by atoms with Gasteiger partial charge < -0.3 is 9.84 Å². The van der Waals surface area contributed by atoms with Crippen molar-refractivity contribution in [3.8, 4) is 0 Å². The first-order valence-electron chi connectivity index (χ1n) is 5.03. The molecule has 1 heterocycles. The number of hydrogen-bond acceptors (Lipinski definition) is 4. The van der Waals surface area contributed by atoms with E-state index in [0.29, 0.717) is 12.8 Å². The molecule has 1 saturated heterocycles. The summed E-state index contributed by atoms with van der Waals surface area (Å²) in [6, 6.07) is 0. The normalized spacial score (nSPS) is 21.7. The van der Waals surface area contributed by atoms with Crippen molar-refractivity contribution in [3.63, 3.8) is 0 Å². The van der Waals surface area contributed by atoms with E-state index in [4.69, 9.17) is 9.84 Å². The average Bonchev–Trinajstić information content (AvgIpc) is 2.53. The van der Waals surface area contributed by atoms with Gasteiger partial charge in [0.2, 0.25) is 0 Å². The van der Waals surface area contributed by atoms with Crippen molar-refractivity contribution in [2.45, 2.75) is 31.8 Å². The fourth-order valence-corrected chi connectivity index (χ4v) is 2.79. The Labute approximate surface area is 89.3 Å². The fraction of sp³-hybridized carbons (Fsp3) is 0.889. The lowest BCUT2D eigenvalue weighted by Crippen LogP contribution is -2.19. The third kappa shape index (κ3) is 5.13. The lowest BCUT2D eigenvalue weighted by atomic mass is 10.1. The largest absolute Gasteiger partial charge is 0.480 e. The Morgan fingerprint density at radius 3 is 2.73 bits per heavy atom. The predicted molar refractivity (Wildman–Crippen MR) is 54.5 cm³/mol. The number of aliphatic carboxylic acids is 1. The highest BCUT2D eigenvalue weighted by Gasteiger charge is 2.19. The maximum atomic E-state index is 11.2. The smallest absolute Gasteiger partial charge is 0.318 e. The number of hydrogen-bond donors (Lipinski definition) is 1. The van der Waals surface area contributed by atoms with E-state index in [0.717, 1.165) is 19.4 Å². The van der Waals surface area contributed by atoms with E-state index in [1.807, 2.05) is 0 Å². The van der Waals surface area contributed by atoms with Crippen LogP contribution in [0.15, 0.2) is 0 Å². The van der Waals surface area contributed by atoms with Crippen molar-refractivity contribution in [3.05, 3.63) is 0 Å². The minimum Gasteiger partial charge on any atom is -0.480 e. The Morgan fingerprint density at radius 2 is 2.20 bits per heavy atom. The molecule has 0 spiro atoms. The average molecular weight is 236 g/mol. The summed E-state index contributed by atoms with van der Waals surface area (Å²) in [5.41, 5.74) is 0. The van der Waals surface area contributed by atoms with Crippen LogP contribution < -0.4 is 0 Å². The monoisotopic (exact) mass is 236 g/mol. The van der Waals surface area contributed by atoms with E-state index in [1.165, 1.54) is 0 Å². The Hall–Kier alpha value is -0.620. The van der Waals surface area contributed by atoms with E-state index in [-0.39, 0.29) is 11.9 Å². The number of carbonyl (C=O) groups is 1. The van der Waals surface area contributed by atoms with Gasteiger partial charge in [0.15, 0.2) is 9.84 Å². The van der Waals surface area contributed by atoms with Gasteiger partial charge in [-0.05, 0) is 25.7 Å². The summed E-state index contributed by atoms with van der Waals surface area (Å²) in [6.07, 6.45) is 3.38. The van der Waals surface area contributed by atoms with Gasteiger partial charge in [0.05, 0.1) is 11.9 Å². The van der Waals surface area contributed by atoms with Crippen molar-refractivity contribution in [1.82, 2.24) is 0 Å². The van der Waals surface area contributed by atoms with Crippen LogP contribution in [0, 0.1) is 0 Å². The molecule has 1 N–H and O–H groups in total. The van der Waals surface area contributed by atoms with Gasteiger partial charge in [0.25, 0.3) is 0 Å². The molecule has 0 aromatic rings. The van der Waals surface area contributed by atoms with Crippen LogP contribution in [0.5, 0.6) is 0 Å². The van der Waals surface area contributed by atoms with Crippen LogP contribution >= 0.6 is 0 Å². The molecule has 1 aliphatic heterocycles. The van der Waals surface area contributed by atoms with E-state index >= 15 is 0 Å². The summed E-state index contributed by atoms with van der Waals surface area (Å²) < 4.78 is 27.7. The highest BCUT2D eigenvalue weighted by Crippen LogP contribution is 2.17. The quantitative estimate of drug-likeness (QED) is 0.724. The number of sulfone groups is 1. The summed E-state index contributed by atoms with van der Waals surface area (Å²) in [4.78, 5) is 10.2. The van der Waals surface area contributed by atoms with Crippen molar-refractivity contribution >= 4 is 15.8 Å². The molecule has 0 bridgehead atoms. The van der Waals surface area contributed by atoms with Gasteiger partial charge in [0, 0.05) is 6.61 Å². The SMILES string of the molecule is O=C(O)CS(=O)(=O)CCCC1CCCO1. The van der Waals surface area contributed by atoms with Crippen LogP contribution in [-0.4, -0.2) is 43.7 Å². The molecule has 1 aliphatic rings. The second-order valence-corrected chi connectivity index (χ2v) is 5.95. The molecule has 0 aliphatic carbocycles. The van der Waals surface area contributed by atoms with Gasteiger partial charge in [0.1, 0.15) is 5.75 Å². The van der Waals surface area contributed by atoms with E-state index in [1.54, 1.807) is 0 Å². The summed E-state index contributed by atoms with van der Waals surface area (Å²) in [6.45, 7) is 0.756. The molecule has 15 heavy (non-hydrogen) atoms. The van der Waals surface area contributed by atoms with Crippen molar-refractivity contribution in [1.29, 1.82) is 0 Å².